The van der Waals surface area contributed by atoms with E-state index in [9.17, 15) is 0 Å². The lowest BCUT2D eigenvalue weighted by atomic mass is 10.1. The van der Waals surface area contributed by atoms with Gasteiger partial charge in [-0.15, -0.1) is 0 Å². The molecule has 2 rings (SSSR count). The van der Waals surface area contributed by atoms with Crippen molar-refractivity contribution in [2.75, 3.05) is 39.4 Å². The van der Waals surface area contributed by atoms with Gasteiger partial charge in [-0.2, -0.15) is 0 Å². The lowest BCUT2D eigenvalue weighted by Crippen LogP contribution is -2.47. The van der Waals surface area contributed by atoms with Crippen LogP contribution in [0.4, 0.5) is 0 Å². The zero-order valence-electron chi connectivity index (χ0n) is 15.8. The second-order valence-electron chi connectivity index (χ2n) is 6.95. The Balaban J connectivity index is 1.68. The van der Waals surface area contributed by atoms with E-state index in [0.717, 1.165) is 64.6 Å². The molecule has 1 N–H and O–H groups in total. The first-order chi connectivity index (χ1) is 11.8. The van der Waals surface area contributed by atoms with Crippen LogP contribution in [0.3, 0.4) is 0 Å². The lowest BCUT2D eigenvalue weighted by molar-refractivity contribution is -0.0721. The van der Waals surface area contributed by atoms with Gasteiger partial charge in [-0.1, -0.05) is 19.8 Å². The molecule has 5 heteroatoms. The highest BCUT2D eigenvalue weighted by molar-refractivity contribution is 5.80. The zero-order valence-corrected chi connectivity index (χ0v) is 15.8. The van der Waals surface area contributed by atoms with Crippen molar-refractivity contribution in [3.05, 3.63) is 0 Å². The highest BCUT2D eigenvalue weighted by Gasteiger charge is 2.23. The van der Waals surface area contributed by atoms with Crippen molar-refractivity contribution in [2.45, 2.75) is 77.4 Å². The quantitative estimate of drug-likeness (QED) is 0.419. The molecule has 0 aliphatic carbocycles. The molecule has 140 valence electrons. The van der Waals surface area contributed by atoms with E-state index in [0.29, 0.717) is 12.2 Å². The van der Waals surface area contributed by atoms with Gasteiger partial charge in [-0.05, 0) is 45.4 Å². The third-order valence-electron chi connectivity index (χ3n) is 4.89. The van der Waals surface area contributed by atoms with Gasteiger partial charge in [0.25, 0.3) is 0 Å². The monoisotopic (exact) mass is 339 g/mol. The fourth-order valence-electron chi connectivity index (χ4n) is 3.39. The summed E-state index contributed by atoms with van der Waals surface area (Å²) in [4.78, 5) is 7.19. The number of likely N-dealkylation sites (tertiary alicyclic amines) is 1. The molecule has 2 heterocycles. The summed E-state index contributed by atoms with van der Waals surface area (Å²) in [7, 11) is 0. The van der Waals surface area contributed by atoms with Crippen LogP contribution in [0.5, 0.6) is 0 Å². The molecule has 0 aromatic carbocycles. The summed E-state index contributed by atoms with van der Waals surface area (Å²) in [6.45, 7) is 10.0. The highest BCUT2D eigenvalue weighted by atomic mass is 16.5. The summed E-state index contributed by atoms with van der Waals surface area (Å²) in [6.07, 6.45) is 10.2. The molecular weight excluding hydrogens is 302 g/mol. The topological polar surface area (TPSA) is 46.1 Å². The van der Waals surface area contributed by atoms with Crippen molar-refractivity contribution in [3.63, 3.8) is 0 Å². The van der Waals surface area contributed by atoms with Crippen molar-refractivity contribution in [1.29, 1.82) is 0 Å². The Morgan fingerprint density at radius 1 is 1.17 bits per heavy atom. The molecule has 2 fully saturated rings. The van der Waals surface area contributed by atoms with Gasteiger partial charge in [0.15, 0.2) is 5.96 Å². The van der Waals surface area contributed by atoms with E-state index in [2.05, 4.69) is 24.1 Å². The Kier molecular flexibility index (Phi) is 9.51. The van der Waals surface area contributed by atoms with Crippen LogP contribution in [0, 0.1) is 0 Å². The summed E-state index contributed by atoms with van der Waals surface area (Å²) < 4.78 is 11.9. The highest BCUT2D eigenvalue weighted by Crippen LogP contribution is 2.18. The third-order valence-corrected chi connectivity index (χ3v) is 4.89. The van der Waals surface area contributed by atoms with Crippen molar-refractivity contribution >= 4 is 5.96 Å². The number of nitrogens with zero attached hydrogens (tertiary/aromatic N) is 2. The van der Waals surface area contributed by atoms with Crippen LogP contribution >= 0.6 is 0 Å². The molecule has 5 nitrogen and oxygen atoms in total. The van der Waals surface area contributed by atoms with Crippen LogP contribution in [0.25, 0.3) is 0 Å². The van der Waals surface area contributed by atoms with E-state index in [1.165, 1.54) is 32.1 Å². The van der Waals surface area contributed by atoms with Crippen molar-refractivity contribution in [2.24, 2.45) is 4.99 Å². The lowest BCUT2D eigenvalue weighted by Gasteiger charge is -2.35. The second kappa shape index (κ2) is 11.7. The minimum atomic E-state index is 0.328. The van der Waals surface area contributed by atoms with Gasteiger partial charge < -0.3 is 19.7 Å². The number of ether oxygens (including phenoxy) is 2. The standard InChI is InChI=1S/C19H37N3O2/c1-3-5-7-12-21-19(20-4-2)22-13-10-17(11-14-22)24-16-18-9-6-8-15-23-18/h17-18H,3-16H2,1-2H3,(H,20,21). The first-order valence-corrected chi connectivity index (χ1v) is 10.1. The first kappa shape index (κ1) is 19.5. The van der Waals surface area contributed by atoms with Crippen molar-refractivity contribution in [1.82, 2.24) is 10.2 Å². The molecule has 0 aromatic heterocycles. The van der Waals surface area contributed by atoms with E-state index in [-0.39, 0.29) is 0 Å². The molecule has 1 unspecified atom stereocenters. The molecule has 0 radical (unpaired) electrons. The predicted octanol–water partition coefficient (Wildman–Crippen LogP) is 3.19. The number of piperidine rings is 1. The molecule has 2 aliphatic rings. The predicted molar refractivity (Wildman–Crippen MR) is 99.6 cm³/mol. The molecule has 0 aromatic rings. The van der Waals surface area contributed by atoms with Crippen LogP contribution in [0.15, 0.2) is 4.99 Å². The van der Waals surface area contributed by atoms with Crippen molar-refractivity contribution in [3.8, 4) is 0 Å². The fraction of sp³-hybridized carbons (Fsp3) is 0.947. The Bertz CT molecular complexity index is 349. The van der Waals surface area contributed by atoms with E-state index >= 15 is 0 Å². The number of nitrogens with one attached hydrogen (secondary N) is 1. The molecule has 24 heavy (non-hydrogen) atoms. The Morgan fingerprint density at radius 2 is 2.00 bits per heavy atom. The van der Waals surface area contributed by atoms with Crippen LogP contribution in [0.2, 0.25) is 0 Å². The van der Waals surface area contributed by atoms with Crippen LogP contribution in [-0.2, 0) is 9.47 Å². The number of guanidine groups is 1. The summed E-state index contributed by atoms with van der Waals surface area (Å²) >= 11 is 0. The summed E-state index contributed by atoms with van der Waals surface area (Å²) in [5, 5.41) is 3.44. The normalized spacial score (nSPS) is 23.5. The van der Waals surface area contributed by atoms with Crippen LogP contribution in [0.1, 0.15) is 65.2 Å². The van der Waals surface area contributed by atoms with Gasteiger partial charge in [0.1, 0.15) is 0 Å². The maximum absolute atomic E-state index is 6.11. The first-order valence-electron chi connectivity index (χ1n) is 10.1. The van der Waals surface area contributed by atoms with E-state index in [1.807, 2.05) is 0 Å². The molecule has 0 spiro atoms. The maximum atomic E-state index is 6.11. The van der Waals surface area contributed by atoms with E-state index < -0.39 is 0 Å². The number of hydrogen-bond donors (Lipinski definition) is 1. The molecule has 2 aliphatic heterocycles. The largest absolute Gasteiger partial charge is 0.376 e. The third kappa shape index (κ3) is 6.98. The Morgan fingerprint density at radius 3 is 2.67 bits per heavy atom. The van der Waals surface area contributed by atoms with E-state index in [4.69, 9.17) is 14.5 Å². The number of hydrogen-bond acceptors (Lipinski definition) is 3. The van der Waals surface area contributed by atoms with Gasteiger partial charge in [-0.25, -0.2) is 0 Å². The second-order valence-corrected chi connectivity index (χ2v) is 6.95. The minimum Gasteiger partial charge on any atom is -0.376 e. The molecule has 0 amide bonds. The number of unbranched alkanes of at least 4 members (excludes halogenated alkanes) is 2. The van der Waals surface area contributed by atoms with Crippen LogP contribution in [-0.4, -0.2) is 62.5 Å². The van der Waals surface area contributed by atoms with Gasteiger partial charge in [0, 0.05) is 32.8 Å². The molecular formula is C19H37N3O2. The Labute approximate surface area is 148 Å². The average Bonchev–Trinajstić information content (AvgIpc) is 2.64. The van der Waals surface area contributed by atoms with Gasteiger partial charge >= 0.3 is 0 Å². The molecule has 1 atom stereocenters. The van der Waals surface area contributed by atoms with Crippen molar-refractivity contribution < 1.29 is 9.47 Å². The minimum absolute atomic E-state index is 0.328. The molecule has 0 bridgehead atoms. The smallest absolute Gasteiger partial charge is 0.193 e. The van der Waals surface area contributed by atoms with Gasteiger partial charge in [-0.3, -0.25) is 4.99 Å². The summed E-state index contributed by atoms with van der Waals surface area (Å²) in [5.41, 5.74) is 0. The van der Waals surface area contributed by atoms with E-state index in [1.54, 1.807) is 0 Å². The van der Waals surface area contributed by atoms with Gasteiger partial charge in [0.05, 0.1) is 18.8 Å². The number of aliphatic imine (C=N–C) groups is 1. The maximum Gasteiger partial charge on any atom is 0.193 e. The molecule has 2 saturated heterocycles. The fourth-order valence-corrected chi connectivity index (χ4v) is 3.39. The zero-order chi connectivity index (χ0) is 17.0. The SMILES string of the molecule is CCCCCN=C(NCC)N1CCC(OCC2CCCCO2)CC1. The summed E-state index contributed by atoms with van der Waals surface area (Å²) in [6, 6.07) is 0. The number of rotatable bonds is 8. The van der Waals surface area contributed by atoms with Gasteiger partial charge in [0.2, 0.25) is 0 Å². The summed E-state index contributed by atoms with van der Waals surface area (Å²) in [5.74, 6) is 1.09. The van der Waals surface area contributed by atoms with Crippen LogP contribution < -0.4 is 5.32 Å². The molecule has 0 saturated carbocycles. The Hall–Kier alpha value is -0.810. The average molecular weight is 340 g/mol.